The van der Waals surface area contributed by atoms with Crippen LogP contribution in [0.15, 0.2) is 36.7 Å². The summed E-state index contributed by atoms with van der Waals surface area (Å²) in [6.07, 6.45) is 1.64. The van der Waals surface area contributed by atoms with E-state index in [-0.39, 0.29) is 11.7 Å². The van der Waals surface area contributed by atoms with E-state index in [1.165, 1.54) is 6.07 Å². The summed E-state index contributed by atoms with van der Waals surface area (Å²) in [7, 11) is 0. The fourth-order valence-electron chi connectivity index (χ4n) is 4.55. The van der Waals surface area contributed by atoms with Crippen molar-refractivity contribution in [3.05, 3.63) is 65.0 Å². The van der Waals surface area contributed by atoms with Crippen LogP contribution in [0.25, 0.3) is 16.8 Å². The van der Waals surface area contributed by atoms with Gasteiger partial charge in [0.15, 0.2) is 17.2 Å². The molecule has 1 atom stereocenters. The number of nitrogens with zero attached hydrogens (tertiary/aromatic N) is 4. The molecular weight excluding hydrogens is 397 g/mol. The summed E-state index contributed by atoms with van der Waals surface area (Å²) in [6.45, 7) is 5.12. The molecule has 1 aromatic carbocycles. The third-order valence-corrected chi connectivity index (χ3v) is 6.03. The molecule has 0 saturated carbocycles. The first kappa shape index (κ1) is 18.1. The van der Waals surface area contributed by atoms with E-state index in [0.29, 0.717) is 42.5 Å². The molecule has 2 aliphatic rings. The number of anilines is 1. The van der Waals surface area contributed by atoms with E-state index in [0.717, 1.165) is 33.8 Å². The number of halogens is 1. The second-order valence-corrected chi connectivity index (χ2v) is 7.99. The first-order valence-corrected chi connectivity index (χ1v) is 10.2. The first-order chi connectivity index (χ1) is 15.1. The van der Waals surface area contributed by atoms with Gasteiger partial charge < -0.3 is 14.8 Å². The van der Waals surface area contributed by atoms with Gasteiger partial charge in [-0.05, 0) is 38.1 Å². The highest BCUT2D eigenvalue weighted by molar-refractivity contribution is 5.83. The Morgan fingerprint density at radius 1 is 1.06 bits per heavy atom. The Morgan fingerprint density at radius 2 is 1.90 bits per heavy atom. The smallest absolute Gasteiger partial charge is 0.170 e. The molecule has 156 valence electrons. The molecule has 6 rings (SSSR count). The van der Waals surface area contributed by atoms with Gasteiger partial charge in [-0.25, -0.2) is 4.39 Å². The van der Waals surface area contributed by atoms with Crippen molar-refractivity contribution in [1.82, 2.24) is 19.6 Å². The number of ether oxygens (including phenoxy) is 2. The zero-order valence-electron chi connectivity index (χ0n) is 17.1. The quantitative estimate of drug-likeness (QED) is 0.504. The monoisotopic (exact) mass is 417 g/mol. The summed E-state index contributed by atoms with van der Waals surface area (Å²) >= 11 is 0. The second kappa shape index (κ2) is 6.66. The van der Waals surface area contributed by atoms with Crippen molar-refractivity contribution in [2.75, 3.05) is 18.5 Å². The Balaban J connectivity index is 1.53. The maximum absolute atomic E-state index is 14.7. The van der Waals surface area contributed by atoms with Gasteiger partial charge in [0.2, 0.25) is 0 Å². The van der Waals surface area contributed by atoms with Crippen LogP contribution in [0.1, 0.15) is 28.4 Å². The molecule has 0 aliphatic carbocycles. The number of pyridine rings is 2. The summed E-state index contributed by atoms with van der Waals surface area (Å²) in [6, 6.07) is 9.14. The molecule has 0 amide bonds. The summed E-state index contributed by atoms with van der Waals surface area (Å²) in [5.74, 6) is 1.80. The van der Waals surface area contributed by atoms with Crippen molar-refractivity contribution in [2.24, 2.45) is 0 Å². The molecule has 0 fully saturated rings. The Morgan fingerprint density at radius 3 is 2.74 bits per heavy atom. The fraction of sp³-hybridized carbons (Fsp3) is 0.261. The van der Waals surface area contributed by atoms with E-state index >= 15 is 0 Å². The SMILES string of the molecule is Cc1ccc(-c2cc3c(n4cnnc24)NCc2c(F)ccc4c2C(CO4)CO3)c(C)n1. The molecule has 0 radical (unpaired) electrons. The third kappa shape index (κ3) is 2.74. The molecule has 1 unspecified atom stereocenters. The topological polar surface area (TPSA) is 73.6 Å². The van der Waals surface area contributed by atoms with E-state index in [1.54, 1.807) is 12.4 Å². The largest absolute Gasteiger partial charge is 0.493 e. The van der Waals surface area contributed by atoms with E-state index < -0.39 is 0 Å². The van der Waals surface area contributed by atoms with Gasteiger partial charge in [0.1, 0.15) is 17.9 Å². The number of fused-ring (bicyclic) bond motifs is 3. The fourth-order valence-corrected chi connectivity index (χ4v) is 4.55. The lowest BCUT2D eigenvalue weighted by Crippen LogP contribution is -2.13. The lowest BCUT2D eigenvalue weighted by molar-refractivity contribution is 0.249. The third-order valence-electron chi connectivity index (χ3n) is 6.03. The van der Waals surface area contributed by atoms with Crippen LogP contribution < -0.4 is 14.8 Å². The highest BCUT2D eigenvalue weighted by Crippen LogP contribution is 2.42. The predicted octanol–water partition coefficient (Wildman–Crippen LogP) is 4.03. The van der Waals surface area contributed by atoms with Crippen LogP contribution in [0, 0.1) is 19.7 Å². The summed E-state index contributed by atoms with van der Waals surface area (Å²) in [5.41, 5.74) is 5.90. The summed E-state index contributed by atoms with van der Waals surface area (Å²) in [5, 5.41) is 11.8. The van der Waals surface area contributed by atoms with Crippen molar-refractivity contribution < 1.29 is 13.9 Å². The van der Waals surface area contributed by atoms with Crippen LogP contribution in [0.2, 0.25) is 0 Å². The van der Waals surface area contributed by atoms with Gasteiger partial charge in [-0.3, -0.25) is 9.38 Å². The standard InChI is InChI=1S/C23H20FN5O2/c1-12-3-4-15(13(2)27-12)16-7-20-23(29-11-26-28-22(16)29)25-8-17-18(24)5-6-19-21(17)14(9-30-19)10-31-20/h3-7,11,14,25H,8-10H2,1-2H3. The summed E-state index contributed by atoms with van der Waals surface area (Å²) in [4.78, 5) is 4.60. The molecule has 7 nitrogen and oxygen atoms in total. The average Bonchev–Trinajstić information content (AvgIpc) is 3.40. The number of hydrogen-bond donors (Lipinski definition) is 1. The minimum Gasteiger partial charge on any atom is -0.493 e. The van der Waals surface area contributed by atoms with E-state index in [4.69, 9.17) is 9.47 Å². The minimum absolute atomic E-state index is 0.0312. The van der Waals surface area contributed by atoms with Crippen LogP contribution in [-0.2, 0) is 6.54 Å². The van der Waals surface area contributed by atoms with Crippen LogP contribution in [-0.4, -0.2) is 32.8 Å². The van der Waals surface area contributed by atoms with Crippen LogP contribution >= 0.6 is 0 Å². The van der Waals surface area contributed by atoms with Crippen molar-refractivity contribution in [1.29, 1.82) is 0 Å². The summed E-state index contributed by atoms with van der Waals surface area (Å²) < 4.78 is 28.6. The van der Waals surface area contributed by atoms with Gasteiger partial charge in [-0.2, -0.15) is 0 Å². The molecular formula is C23H20FN5O2. The molecule has 3 aromatic heterocycles. The molecule has 5 heterocycles. The van der Waals surface area contributed by atoms with Crippen molar-refractivity contribution in [3.63, 3.8) is 0 Å². The van der Waals surface area contributed by atoms with Gasteiger partial charge in [-0.1, -0.05) is 6.07 Å². The van der Waals surface area contributed by atoms with Crippen LogP contribution in [0.3, 0.4) is 0 Å². The Bertz CT molecular complexity index is 1350. The molecule has 1 N–H and O–H groups in total. The number of aromatic nitrogens is 4. The van der Waals surface area contributed by atoms with Crippen LogP contribution in [0.5, 0.6) is 11.5 Å². The van der Waals surface area contributed by atoms with Crippen molar-refractivity contribution >= 4 is 11.5 Å². The zero-order valence-corrected chi connectivity index (χ0v) is 17.1. The van der Waals surface area contributed by atoms with Gasteiger partial charge >= 0.3 is 0 Å². The second-order valence-electron chi connectivity index (χ2n) is 7.99. The van der Waals surface area contributed by atoms with Crippen molar-refractivity contribution in [3.8, 4) is 22.6 Å². The predicted molar refractivity (Wildman–Crippen MR) is 113 cm³/mol. The number of rotatable bonds is 1. The van der Waals surface area contributed by atoms with Crippen LogP contribution in [0.4, 0.5) is 10.2 Å². The molecule has 0 bridgehead atoms. The van der Waals surface area contributed by atoms with Crippen molar-refractivity contribution in [2.45, 2.75) is 26.3 Å². The lowest BCUT2D eigenvalue weighted by Gasteiger charge is -2.17. The maximum atomic E-state index is 14.7. The Kier molecular flexibility index (Phi) is 3.89. The normalized spacial score (nSPS) is 16.9. The number of benzene rings is 1. The lowest BCUT2D eigenvalue weighted by atomic mass is 9.96. The first-order valence-electron chi connectivity index (χ1n) is 10.2. The average molecular weight is 417 g/mol. The molecule has 8 heteroatoms. The molecule has 31 heavy (non-hydrogen) atoms. The van der Waals surface area contributed by atoms with Gasteiger partial charge in [0, 0.05) is 40.2 Å². The Hall–Kier alpha value is -3.68. The van der Waals surface area contributed by atoms with Gasteiger partial charge in [0.25, 0.3) is 0 Å². The molecule has 0 saturated heterocycles. The maximum Gasteiger partial charge on any atom is 0.170 e. The highest BCUT2D eigenvalue weighted by Gasteiger charge is 2.31. The minimum atomic E-state index is -0.247. The van der Waals surface area contributed by atoms with Gasteiger partial charge in [-0.15, -0.1) is 10.2 Å². The molecule has 4 aromatic rings. The zero-order chi connectivity index (χ0) is 21.1. The van der Waals surface area contributed by atoms with E-state index in [2.05, 4.69) is 20.5 Å². The van der Waals surface area contributed by atoms with E-state index in [1.807, 2.05) is 36.4 Å². The number of hydrogen-bond acceptors (Lipinski definition) is 6. The highest BCUT2D eigenvalue weighted by atomic mass is 19.1. The number of aryl methyl sites for hydroxylation is 2. The van der Waals surface area contributed by atoms with Gasteiger partial charge in [0.05, 0.1) is 19.1 Å². The number of nitrogens with one attached hydrogen (secondary N) is 1. The van der Waals surface area contributed by atoms with E-state index in [9.17, 15) is 4.39 Å². The molecule has 2 aliphatic heterocycles. The molecule has 0 spiro atoms. The Labute approximate surface area is 177 Å².